The number of carbonyl (C=O) groups is 5. The molecule has 11 nitrogen and oxygen atoms in total. The minimum Gasteiger partial charge on any atom is -0.481 e. The van der Waals surface area contributed by atoms with Gasteiger partial charge in [-0.2, -0.15) is 11.8 Å². The van der Waals surface area contributed by atoms with Crippen LogP contribution in [-0.2, 0) is 24.0 Å². The molecule has 0 aliphatic heterocycles. The molecule has 3 amide bonds. The van der Waals surface area contributed by atoms with Gasteiger partial charge in [0.15, 0.2) is 0 Å². The van der Waals surface area contributed by atoms with Gasteiger partial charge < -0.3 is 31.9 Å². The van der Waals surface area contributed by atoms with Crippen molar-refractivity contribution in [3.05, 3.63) is 0 Å². The van der Waals surface area contributed by atoms with Crippen LogP contribution in [0.25, 0.3) is 0 Å². The van der Waals surface area contributed by atoms with Crippen molar-refractivity contribution in [1.29, 1.82) is 0 Å². The monoisotopic (exact) mass is 448 g/mol. The van der Waals surface area contributed by atoms with E-state index in [4.69, 9.17) is 10.8 Å². The lowest BCUT2D eigenvalue weighted by atomic mass is 10.0. The second-order valence-electron chi connectivity index (χ2n) is 7.19. The smallest absolute Gasteiger partial charge is 0.326 e. The van der Waals surface area contributed by atoms with Crippen LogP contribution in [0.3, 0.4) is 0 Å². The molecule has 30 heavy (non-hydrogen) atoms. The number of rotatable bonds is 14. The number of hydrogen-bond donors (Lipinski definition) is 6. The number of carbonyl (C=O) groups excluding carboxylic acids is 3. The van der Waals surface area contributed by atoms with Crippen molar-refractivity contribution in [3.63, 3.8) is 0 Å². The molecule has 4 unspecified atom stereocenters. The minimum absolute atomic E-state index is 0.197. The fourth-order valence-electron chi connectivity index (χ4n) is 2.38. The summed E-state index contributed by atoms with van der Waals surface area (Å²) in [4.78, 5) is 59.4. The lowest BCUT2D eigenvalue weighted by Crippen LogP contribution is -2.58. The van der Waals surface area contributed by atoms with Gasteiger partial charge in [-0.15, -0.1) is 0 Å². The number of carboxylic acids is 2. The third-order valence-electron chi connectivity index (χ3n) is 4.17. The first-order valence-electron chi connectivity index (χ1n) is 9.50. The summed E-state index contributed by atoms with van der Waals surface area (Å²) in [5.74, 6) is -4.29. The molecule has 0 aromatic heterocycles. The summed E-state index contributed by atoms with van der Waals surface area (Å²) in [6, 6.07) is -4.31. The fraction of sp³-hybridized carbons (Fsp3) is 0.722. The highest BCUT2D eigenvalue weighted by molar-refractivity contribution is 7.98. The zero-order valence-electron chi connectivity index (χ0n) is 17.6. The third kappa shape index (κ3) is 10.4. The average molecular weight is 449 g/mol. The third-order valence-corrected chi connectivity index (χ3v) is 4.81. The Balaban J connectivity index is 5.33. The van der Waals surface area contributed by atoms with E-state index < -0.39 is 59.7 Å². The molecular formula is C18H32N4O7S. The quantitative estimate of drug-likeness (QED) is 0.197. The van der Waals surface area contributed by atoms with Crippen LogP contribution < -0.4 is 21.7 Å². The summed E-state index contributed by atoms with van der Waals surface area (Å²) in [6.45, 7) is 4.73. The zero-order valence-corrected chi connectivity index (χ0v) is 18.5. The first-order chi connectivity index (χ1) is 13.9. The number of amides is 3. The van der Waals surface area contributed by atoms with Crippen molar-refractivity contribution < 1.29 is 34.2 Å². The van der Waals surface area contributed by atoms with Crippen LogP contribution in [0.1, 0.15) is 40.0 Å². The van der Waals surface area contributed by atoms with E-state index in [0.29, 0.717) is 5.75 Å². The van der Waals surface area contributed by atoms with E-state index in [0.717, 1.165) is 0 Å². The molecule has 172 valence electrons. The Morgan fingerprint density at radius 3 is 1.87 bits per heavy atom. The number of aliphatic carboxylic acids is 2. The van der Waals surface area contributed by atoms with Crippen molar-refractivity contribution in [1.82, 2.24) is 16.0 Å². The standard InChI is InChI=1S/C18H32N4O7S/c1-9(2)14(17(27)21-12(18(28)29)7-8-30-4)22-16(26)11(5-6-13(23)24)20-15(25)10(3)19/h9-12,14H,5-8,19H2,1-4H3,(H,20,25)(H,21,27)(H,22,26)(H,23,24)(H,28,29). The van der Waals surface area contributed by atoms with Gasteiger partial charge in [-0.1, -0.05) is 13.8 Å². The van der Waals surface area contributed by atoms with Crippen LogP contribution in [0.2, 0.25) is 0 Å². The van der Waals surface area contributed by atoms with Gasteiger partial charge in [0.1, 0.15) is 18.1 Å². The van der Waals surface area contributed by atoms with Gasteiger partial charge >= 0.3 is 11.9 Å². The largest absolute Gasteiger partial charge is 0.481 e. The van der Waals surface area contributed by atoms with Crippen LogP contribution in [0.15, 0.2) is 0 Å². The summed E-state index contributed by atoms with van der Waals surface area (Å²) >= 11 is 1.44. The van der Waals surface area contributed by atoms with Crippen molar-refractivity contribution in [2.75, 3.05) is 12.0 Å². The van der Waals surface area contributed by atoms with Crippen molar-refractivity contribution in [3.8, 4) is 0 Å². The molecule has 0 fully saturated rings. The molecule has 4 atom stereocenters. The van der Waals surface area contributed by atoms with E-state index in [9.17, 15) is 29.1 Å². The molecule has 0 saturated carbocycles. The SMILES string of the molecule is CSCCC(NC(=O)C(NC(=O)C(CCC(=O)O)NC(=O)C(C)N)C(C)C)C(=O)O. The van der Waals surface area contributed by atoms with Crippen molar-refractivity contribution >= 4 is 41.4 Å². The van der Waals surface area contributed by atoms with Crippen LogP contribution >= 0.6 is 11.8 Å². The lowest BCUT2D eigenvalue weighted by molar-refractivity contribution is -0.142. The van der Waals surface area contributed by atoms with Gasteiger partial charge in [0.2, 0.25) is 17.7 Å². The van der Waals surface area contributed by atoms with Gasteiger partial charge in [-0.05, 0) is 37.7 Å². The van der Waals surface area contributed by atoms with E-state index in [2.05, 4.69) is 16.0 Å². The van der Waals surface area contributed by atoms with Gasteiger partial charge in [0.25, 0.3) is 0 Å². The number of carboxylic acid groups (broad SMARTS) is 2. The maximum atomic E-state index is 12.7. The van der Waals surface area contributed by atoms with Gasteiger partial charge in [0, 0.05) is 6.42 Å². The maximum absolute atomic E-state index is 12.7. The first-order valence-corrected chi connectivity index (χ1v) is 10.9. The number of nitrogens with two attached hydrogens (primary N) is 1. The fourth-order valence-corrected chi connectivity index (χ4v) is 2.85. The topological polar surface area (TPSA) is 188 Å². The normalized spacial score (nSPS) is 14.9. The molecule has 0 rings (SSSR count). The minimum atomic E-state index is -1.21. The first kappa shape index (κ1) is 27.7. The molecule has 7 N–H and O–H groups in total. The van der Waals surface area contributed by atoms with E-state index in [-0.39, 0.29) is 19.3 Å². The Morgan fingerprint density at radius 2 is 1.43 bits per heavy atom. The Kier molecular flexibility index (Phi) is 12.7. The summed E-state index contributed by atoms with van der Waals surface area (Å²) in [5, 5.41) is 25.4. The summed E-state index contributed by atoms with van der Waals surface area (Å²) in [7, 11) is 0. The van der Waals surface area contributed by atoms with E-state index >= 15 is 0 Å². The summed E-state index contributed by atoms with van der Waals surface area (Å²) in [5.41, 5.74) is 5.48. The van der Waals surface area contributed by atoms with Gasteiger partial charge in [0.05, 0.1) is 6.04 Å². The molecule has 0 spiro atoms. The molecule has 0 radical (unpaired) electrons. The molecule has 0 heterocycles. The van der Waals surface area contributed by atoms with Crippen LogP contribution in [-0.4, -0.2) is 76.0 Å². The highest BCUT2D eigenvalue weighted by Crippen LogP contribution is 2.07. The van der Waals surface area contributed by atoms with E-state index in [1.165, 1.54) is 18.7 Å². The molecule has 0 saturated heterocycles. The predicted molar refractivity (Wildman–Crippen MR) is 112 cm³/mol. The number of nitrogens with one attached hydrogen (secondary N) is 3. The number of hydrogen-bond acceptors (Lipinski definition) is 7. The van der Waals surface area contributed by atoms with Crippen LogP contribution in [0.4, 0.5) is 0 Å². The lowest BCUT2D eigenvalue weighted by Gasteiger charge is -2.26. The Labute approximate surface area is 179 Å². The Hall–Kier alpha value is -2.34. The highest BCUT2D eigenvalue weighted by atomic mass is 32.2. The predicted octanol–water partition coefficient (Wildman–Crippen LogP) is -0.853. The highest BCUT2D eigenvalue weighted by Gasteiger charge is 2.31. The van der Waals surface area contributed by atoms with E-state index in [1.54, 1.807) is 13.8 Å². The summed E-state index contributed by atoms with van der Waals surface area (Å²) in [6.07, 6.45) is 1.45. The van der Waals surface area contributed by atoms with Gasteiger partial charge in [-0.3, -0.25) is 19.2 Å². The molecule has 0 aromatic rings. The maximum Gasteiger partial charge on any atom is 0.326 e. The van der Waals surface area contributed by atoms with Crippen molar-refractivity contribution in [2.24, 2.45) is 11.7 Å². The Bertz CT molecular complexity index is 628. The average Bonchev–Trinajstić information content (AvgIpc) is 2.64. The second-order valence-corrected chi connectivity index (χ2v) is 8.18. The summed E-state index contributed by atoms with van der Waals surface area (Å²) < 4.78 is 0. The zero-order chi connectivity index (χ0) is 23.4. The molecule has 12 heteroatoms. The van der Waals surface area contributed by atoms with Gasteiger partial charge in [-0.25, -0.2) is 4.79 Å². The molecule has 0 aliphatic rings. The van der Waals surface area contributed by atoms with E-state index in [1.807, 2.05) is 6.26 Å². The second kappa shape index (κ2) is 13.8. The molecule has 0 aromatic carbocycles. The number of thioether (sulfide) groups is 1. The molecular weight excluding hydrogens is 416 g/mol. The molecule has 0 aliphatic carbocycles. The van der Waals surface area contributed by atoms with Crippen LogP contribution in [0.5, 0.6) is 0 Å². The van der Waals surface area contributed by atoms with Crippen molar-refractivity contribution in [2.45, 2.75) is 64.2 Å². The Morgan fingerprint density at radius 1 is 0.867 bits per heavy atom. The molecule has 0 bridgehead atoms. The van der Waals surface area contributed by atoms with Crippen LogP contribution in [0, 0.1) is 5.92 Å².